The number of likely N-dealkylation sites (tertiary alicyclic amines) is 1. The first-order valence-corrected chi connectivity index (χ1v) is 25.7. The lowest BCUT2D eigenvalue weighted by atomic mass is 9.83. The van der Waals surface area contributed by atoms with E-state index in [0.29, 0.717) is 51.2 Å². The summed E-state index contributed by atoms with van der Waals surface area (Å²) in [5.41, 5.74) is 11.9. The van der Waals surface area contributed by atoms with Gasteiger partial charge in [-0.2, -0.15) is 0 Å². The topological polar surface area (TPSA) is 167 Å². The Morgan fingerprint density at radius 1 is 1.03 bits per heavy atom. The molecular weight excluding hydrogens is 897 g/mol. The molecule has 71 heavy (non-hydrogen) atoms. The molecule has 0 saturated carbocycles. The van der Waals surface area contributed by atoms with Gasteiger partial charge in [-0.1, -0.05) is 64.6 Å². The number of rotatable bonds is 11. The SMILES string of the molecule is C=CC(=O)N1CC[C@H](C(=O)N(C)C(C(=O)N[C@H]2Cc3cccc(c3)-c3ccc4c(c3)c(c(-c3cc(C5CCNCC5)cnc3[C@H](C)OC)n4CC)CC(C)(C)COC(=O)[C@@H]3CCCN(N3)C2=O)C(C)C)C1. The third-order valence-electron chi connectivity index (χ3n) is 15.2. The van der Waals surface area contributed by atoms with E-state index in [1.165, 1.54) is 21.5 Å². The molecule has 3 fully saturated rings. The molecule has 2 aromatic heterocycles. The number of aryl methyl sites for hydroxylation is 1. The number of nitrogens with zero attached hydrogens (tertiary/aromatic N) is 5. The van der Waals surface area contributed by atoms with Crippen LogP contribution in [0.3, 0.4) is 0 Å². The van der Waals surface area contributed by atoms with Gasteiger partial charge in [0.15, 0.2) is 0 Å². The van der Waals surface area contributed by atoms with Crippen molar-refractivity contribution in [2.24, 2.45) is 17.3 Å². The van der Waals surface area contributed by atoms with E-state index in [1.807, 2.05) is 39.1 Å². The van der Waals surface area contributed by atoms with Crippen molar-refractivity contribution in [3.63, 3.8) is 0 Å². The lowest BCUT2D eigenvalue weighted by Crippen LogP contribution is -2.62. The maximum atomic E-state index is 14.8. The number of piperidine rings is 1. The number of fused-ring (bicyclic) bond motifs is 6. The number of hydrazine groups is 1. The maximum absolute atomic E-state index is 14.8. The van der Waals surface area contributed by atoms with Crippen LogP contribution in [0.25, 0.3) is 33.3 Å². The van der Waals surface area contributed by atoms with Crippen molar-refractivity contribution in [1.29, 1.82) is 0 Å². The number of carbonyl (C=O) groups excluding carboxylic acids is 5. The Balaban J connectivity index is 1.20. The zero-order valence-corrected chi connectivity index (χ0v) is 43.0. The summed E-state index contributed by atoms with van der Waals surface area (Å²) in [6.07, 6.45) is 7.34. The molecule has 3 N–H and O–H groups in total. The molecule has 15 nitrogen and oxygen atoms in total. The summed E-state index contributed by atoms with van der Waals surface area (Å²) in [5, 5.41) is 9.13. The number of cyclic esters (lactones) is 1. The van der Waals surface area contributed by atoms with Crippen molar-refractivity contribution in [3.05, 3.63) is 89.8 Å². The fourth-order valence-electron chi connectivity index (χ4n) is 11.3. The Kier molecular flexibility index (Phi) is 15.8. The maximum Gasteiger partial charge on any atom is 0.324 e. The number of pyridine rings is 1. The minimum atomic E-state index is -1.05. The summed E-state index contributed by atoms with van der Waals surface area (Å²) in [6, 6.07) is 14.3. The van der Waals surface area contributed by atoms with E-state index in [0.717, 1.165) is 76.0 Å². The van der Waals surface area contributed by atoms with Crippen LogP contribution in [0.4, 0.5) is 0 Å². The van der Waals surface area contributed by atoms with Crippen LogP contribution in [0.1, 0.15) is 108 Å². The second-order valence-corrected chi connectivity index (χ2v) is 21.2. The molecule has 0 radical (unpaired) electrons. The van der Waals surface area contributed by atoms with Gasteiger partial charge < -0.3 is 34.5 Å². The third-order valence-corrected chi connectivity index (χ3v) is 15.2. The number of methoxy groups -OCH3 is 1. The smallest absolute Gasteiger partial charge is 0.324 e. The predicted molar refractivity (Wildman–Crippen MR) is 275 cm³/mol. The molecule has 15 heteroatoms. The Bertz CT molecular complexity index is 2650. The number of nitrogens with one attached hydrogen (secondary N) is 3. The minimum Gasteiger partial charge on any atom is -0.464 e. The molecule has 380 valence electrons. The largest absolute Gasteiger partial charge is 0.464 e. The summed E-state index contributed by atoms with van der Waals surface area (Å²) in [7, 11) is 3.34. The molecule has 1 unspecified atom stereocenters. The van der Waals surface area contributed by atoms with E-state index in [9.17, 15) is 24.0 Å². The van der Waals surface area contributed by atoms with Crippen LogP contribution in [0.15, 0.2) is 67.4 Å². The van der Waals surface area contributed by atoms with Gasteiger partial charge in [-0.25, -0.2) is 5.43 Å². The molecule has 4 aliphatic rings. The third kappa shape index (κ3) is 11.0. The standard InChI is InChI=1S/C56H74N8O7/c1-10-48(65)62-25-21-40(32-62)53(67)61(8)50(34(3)4)52(66)59-46-27-36-14-12-15-38(26-36)39-17-18-47-42(28-39)44(30-56(6,7)33-71-55(69)45-16-13-24-64(60-45)54(46)68)51(63(47)11-2)43-29-41(37-19-22-57-23-20-37)31-58-49(43)35(5)70-9/h10,12,14-15,17-18,26,28-29,31,34-35,37,40,45-46,50,57,60H,1,11,13,16,19-25,27,30,32-33H2,2-9H3,(H,59,66)/t35-,40-,45-,46-,50?/m0/s1. The average Bonchev–Trinajstić information content (AvgIpc) is 3.99. The van der Waals surface area contributed by atoms with Crippen molar-refractivity contribution < 1.29 is 33.4 Å². The van der Waals surface area contributed by atoms with Crippen LogP contribution < -0.4 is 16.1 Å². The summed E-state index contributed by atoms with van der Waals surface area (Å²) < 4.78 is 14.6. The second kappa shape index (κ2) is 21.8. The fraction of sp³-hybridized carbons (Fsp3) is 0.536. The van der Waals surface area contributed by atoms with Crippen LogP contribution >= 0.6 is 0 Å². The van der Waals surface area contributed by atoms with Crippen LogP contribution in [-0.4, -0.2) is 126 Å². The molecule has 8 rings (SSSR count). The zero-order valence-electron chi connectivity index (χ0n) is 43.0. The average molecular weight is 971 g/mol. The van der Waals surface area contributed by atoms with Crippen molar-refractivity contribution in [2.75, 3.05) is 53.5 Å². The number of aromatic nitrogens is 2. The van der Waals surface area contributed by atoms with E-state index in [1.54, 1.807) is 19.1 Å². The van der Waals surface area contributed by atoms with Gasteiger partial charge in [0, 0.05) is 74.8 Å². The molecule has 2 aromatic carbocycles. The van der Waals surface area contributed by atoms with Gasteiger partial charge in [0.1, 0.15) is 18.1 Å². The van der Waals surface area contributed by atoms with Gasteiger partial charge >= 0.3 is 5.97 Å². The number of ether oxygens (including phenoxy) is 2. The highest BCUT2D eigenvalue weighted by atomic mass is 16.5. The summed E-state index contributed by atoms with van der Waals surface area (Å²) in [4.78, 5) is 78.0. The Hall–Kier alpha value is -5.90. The molecule has 4 amide bonds. The van der Waals surface area contributed by atoms with Crippen LogP contribution in [-0.2, 0) is 52.8 Å². The van der Waals surface area contributed by atoms with Crippen LogP contribution in [0, 0.1) is 17.3 Å². The first-order chi connectivity index (χ1) is 34.0. The predicted octanol–water partition coefficient (Wildman–Crippen LogP) is 6.73. The second-order valence-electron chi connectivity index (χ2n) is 21.2. The van der Waals surface area contributed by atoms with Crippen molar-refractivity contribution >= 4 is 40.5 Å². The molecular formula is C56H74N8O7. The highest BCUT2D eigenvalue weighted by molar-refractivity contribution is 5.96. The van der Waals surface area contributed by atoms with E-state index in [-0.39, 0.29) is 43.4 Å². The highest BCUT2D eigenvalue weighted by Crippen LogP contribution is 2.43. The molecule has 4 aliphatic heterocycles. The first-order valence-electron chi connectivity index (χ1n) is 25.7. The Labute approximate surface area is 419 Å². The minimum absolute atomic E-state index is 0.136. The molecule has 6 bridgehead atoms. The summed E-state index contributed by atoms with van der Waals surface area (Å²) in [6.45, 7) is 19.6. The summed E-state index contributed by atoms with van der Waals surface area (Å²) >= 11 is 0. The van der Waals surface area contributed by atoms with E-state index < -0.39 is 47.2 Å². The Morgan fingerprint density at radius 2 is 1.79 bits per heavy atom. The summed E-state index contributed by atoms with van der Waals surface area (Å²) in [5.74, 6) is -2.16. The number of benzene rings is 2. The van der Waals surface area contributed by atoms with Gasteiger partial charge in [0.2, 0.25) is 17.7 Å². The number of carbonyl (C=O) groups is 5. The van der Waals surface area contributed by atoms with E-state index >= 15 is 0 Å². The molecule has 5 atom stereocenters. The van der Waals surface area contributed by atoms with Gasteiger partial charge in [0.25, 0.3) is 5.91 Å². The van der Waals surface area contributed by atoms with Gasteiger partial charge in [0.05, 0.1) is 30.0 Å². The monoisotopic (exact) mass is 971 g/mol. The molecule has 4 aromatic rings. The van der Waals surface area contributed by atoms with Gasteiger partial charge in [-0.3, -0.25) is 34.0 Å². The normalized spacial score (nSPS) is 21.9. The van der Waals surface area contributed by atoms with Gasteiger partial charge in [-0.15, -0.1) is 0 Å². The number of amides is 4. The molecule has 0 spiro atoms. The van der Waals surface area contributed by atoms with Crippen molar-refractivity contribution in [3.8, 4) is 22.4 Å². The van der Waals surface area contributed by atoms with Crippen molar-refractivity contribution in [2.45, 2.75) is 123 Å². The fourth-order valence-corrected chi connectivity index (χ4v) is 11.3. The molecule has 0 aliphatic carbocycles. The molecule has 6 heterocycles. The van der Waals surface area contributed by atoms with E-state index in [2.05, 4.69) is 84.4 Å². The highest BCUT2D eigenvalue weighted by Gasteiger charge is 2.40. The first kappa shape index (κ1) is 51.5. The quantitative estimate of drug-likeness (QED) is 0.108. The molecule has 3 saturated heterocycles. The number of esters is 1. The van der Waals surface area contributed by atoms with Gasteiger partial charge in [-0.05, 0) is 129 Å². The number of hydrogen-bond donors (Lipinski definition) is 3. The lowest BCUT2D eigenvalue weighted by molar-refractivity contribution is -0.155. The zero-order chi connectivity index (χ0) is 50.7. The Morgan fingerprint density at radius 3 is 2.51 bits per heavy atom. The number of hydrogen-bond acceptors (Lipinski definition) is 10. The van der Waals surface area contributed by atoms with Crippen LogP contribution in [0.2, 0.25) is 0 Å². The number of likely N-dealkylation sites (N-methyl/N-ethyl adjacent to an activating group) is 1. The lowest BCUT2D eigenvalue weighted by Gasteiger charge is -2.37. The van der Waals surface area contributed by atoms with Crippen molar-refractivity contribution in [1.82, 2.24) is 40.4 Å². The van der Waals surface area contributed by atoms with Crippen LogP contribution in [0.5, 0.6) is 0 Å². The van der Waals surface area contributed by atoms with E-state index in [4.69, 9.17) is 14.5 Å².